The molecule has 5 nitrogen and oxygen atoms in total. The van der Waals surface area contributed by atoms with Gasteiger partial charge in [0.25, 0.3) is 5.91 Å². The third-order valence-corrected chi connectivity index (χ3v) is 3.86. The molecular weight excluding hydrogens is 284 g/mol. The lowest BCUT2D eigenvalue weighted by Crippen LogP contribution is -2.11. The molecule has 2 rings (SSSR count). The number of benzene rings is 1. The van der Waals surface area contributed by atoms with E-state index >= 15 is 0 Å². The van der Waals surface area contributed by atoms with Gasteiger partial charge in [-0.15, -0.1) is 10.2 Å². The molecule has 21 heavy (non-hydrogen) atoms. The van der Waals surface area contributed by atoms with Gasteiger partial charge in [-0.05, 0) is 30.0 Å². The lowest BCUT2D eigenvalue weighted by atomic mass is 10.0. The first-order valence-corrected chi connectivity index (χ1v) is 7.90. The molecule has 0 atom stereocenters. The number of carbonyl (C=O) groups is 1. The molecule has 0 spiro atoms. The zero-order valence-electron chi connectivity index (χ0n) is 12.5. The van der Waals surface area contributed by atoms with E-state index in [4.69, 9.17) is 0 Å². The molecule has 0 saturated heterocycles. The fourth-order valence-corrected chi connectivity index (χ4v) is 2.42. The molecule has 1 aromatic carbocycles. The van der Waals surface area contributed by atoms with Crippen LogP contribution in [0.3, 0.4) is 0 Å². The van der Waals surface area contributed by atoms with Crippen molar-refractivity contribution in [3.63, 3.8) is 0 Å². The van der Waals surface area contributed by atoms with Gasteiger partial charge in [-0.1, -0.05) is 44.2 Å². The summed E-state index contributed by atoms with van der Waals surface area (Å²) in [7, 11) is 0. The molecule has 0 bridgehead atoms. The van der Waals surface area contributed by atoms with Crippen LogP contribution in [-0.4, -0.2) is 22.6 Å². The van der Waals surface area contributed by atoms with Crippen molar-refractivity contribution >= 4 is 28.1 Å². The van der Waals surface area contributed by atoms with E-state index in [1.165, 1.54) is 16.9 Å². The van der Waals surface area contributed by atoms with E-state index < -0.39 is 0 Å². The number of anilines is 2. The van der Waals surface area contributed by atoms with E-state index in [9.17, 15) is 4.79 Å². The Morgan fingerprint density at radius 2 is 1.95 bits per heavy atom. The predicted molar refractivity (Wildman–Crippen MR) is 87.2 cm³/mol. The first-order valence-electron chi connectivity index (χ1n) is 7.08. The van der Waals surface area contributed by atoms with Crippen molar-refractivity contribution < 1.29 is 4.79 Å². The summed E-state index contributed by atoms with van der Waals surface area (Å²) < 4.78 is 0. The quantitative estimate of drug-likeness (QED) is 0.853. The number of nitrogens with one attached hydrogen (secondary N) is 2. The van der Waals surface area contributed by atoms with Crippen molar-refractivity contribution in [2.24, 2.45) is 0 Å². The molecule has 1 aromatic heterocycles. The SMILES string of the molecule is CCCNc1nnc(C(=O)Nc2ccc(C(C)C)cc2)s1. The highest BCUT2D eigenvalue weighted by Crippen LogP contribution is 2.19. The summed E-state index contributed by atoms with van der Waals surface area (Å²) >= 11 is 1.26. The van der Waals surface area contributed by atoms with E-state index in [1.54, 1.807) is 0 Å². The van der Waals surface area contributed by atoms with E-state index in [2.05, 4.69) is 41.6 Å². The van der Waals surface area contributed by atoms with Crippen LogP contribution in [0.1, 0.15) is 48.5 Å². The summed E-state index contributed by atoms with van der Waals surface area (Å²) in [6, 6.07) is 7.86. The van der Waals surface area contributed by atoms with Crippen molar-refractivity contribution in [1.29, 1.82) is 0 Å². The number of rotatable bonds is 6. The van der Waals surface area contributed by atoms with Crippen LogP contribution in [0.15, 0.2) is 24.3 Å². The lowest BCUT2D eigenvalue weighted by molar-refractivity contribution is 0.102. The molecule has 2 aromatic rings. The third-order valence-electron chi connectivity index (χ3n) is 2.98. The first kappa shape index (κ1) is 15.4. The van der Waals surface area contributed by atoms with E-state index in [0.29, 0.717) is 16.1 Å². The molecule has 0 aliphatic rings. The minimum absolute atomic E-state index is 0.227. The summed E-state index contributed by atoms with van der Waals surface area (Å²) in [6.07, 6.45) is 1.00. The van der Waals surface area contributed by atoms with Crippen molar-refractivity contribution in [3.8, 4) is 0 Å². The molecule has 1 heterocycles. The second-order valence-corrected chi connectivity index (χ2v) is 6.05. The maximum Gasteiger partial charge on any atom is 0.286 e. The number of nitrogens with zero attached hydrogens (tertiary/aromatic N) is 2. The number of hydrogen-bond donors (Lipinski definition) is 2. The zero-order chi connectivity index (χ0) is 15.2. The van der Waals surface area contributed by atoms with Crippen molar-refractivity contribution in [2.75, 3.05) is 17.2 Å². The Morgan fingerprint density at radius 3 is 2.57 bits per heavy atom. The Hall–Kier alpha value is -1.95. The number of carbonyl (C=O) groups excluding carboxylic acids is 1. The zero-order valence-corrected chi connectivity index (χ0v) is 13.3. The fraction of sp³-hybridized carbons (Fsp3) is 0.400. The van der Waals surface area contributed by atoms with Crippen LogP contribution in [0.25, 0.3) is 0 Å². The average molecular weight is 304 g/mol. The second kappa shape index (κ2) is 7.17. The smallest absolute Gasteiger partial charge is 0.286 e. The molecular formula is C15H20N4OS. The normalized spacial score (nSPS) is 10.7. The van der Waals surface area contributed by atoms with Gasteiger partial charge in [0.1, 0.15) is 0 Å². The lowest BCUT2D eigenvalue weighted by Gasteiger charge is -2.07. The molecule has 6 heteroatoms. The number of amides is 1. The van der Waals surface area contributed by atoms with Crippen LogP contribution in [-0.2, 0) is 0 Å². The maximum atomic E-state index is 12.1. The third kappa shape index (κ3) is 4.26. The van der Waals surface area contributed by atoms with E-state index in [0.717, 1.165) is 18.7 Å². The highest BCUT2D eigenvalue weighted by atomic mass is 32.1. The summed E-state index contributed by atoms with van der Waals surface area (Å²) in [5.74, 6) is 0.249. The van der Waals surface area contributed by atoms with Crippen LogP contribution in [0.4, 0.5) is 10.8 Å². The Bertz CT molecular complexity index is 592. The summed E-state index contributed by atoms with van der Waals surface area (Å²) in [5, 5.41) is 14.8. The van der Waals surface area contributed by atoms with Crippen molar-refractivity contribution in [2.45, 2.75) is 33.1 Å². The van der Waals surface area contributed by atoms with Crippen LogP contribution >= 0.6 is 11.3 Å². The minimum atomic E-state index is -0.227. The fourth-order valence-electron chi connectivity index (χ4n) is 1.75. The maximum absolute atomic E-state index is 12.1. The molecule has 2 N–H and O–H groups in total. The molecule has 0 aliphatic carbocycles. The predicted octanol–water partition coefficient (Wildman–Crippen LogP) is 3.74. The van der Waals surface area contributed by atoms with E-state index in [-0.39, 0.29) is 5.91 Å². The molecule has 1 amide bonds. The van der Waals surface area contributed by atoms with Gasteiger partial charge in [-0.2, -0.15) is 0 Å². The Kier molecular flexibility index (Phi) is 5.27. The van der Waals surface area contributed by atoms with Gasteiger partial charge in [-0.3, -0.25) is 4.79 Å². The van der Waals surface area contributed by atoms with Crippen molar-refractivity contribution in [3.05, 3.63) is 34.8 Å². The monoisotopic (exact) mass is 304 g/mol. The number of aromatic nitrogens is 2. The van der Waals surface area contributed by atoms with Gasteiger partial charge < -0.3 is 10.6 Å². The van der Waals surface area contributed by atoms with Gasteiger partial charge in [-0.25, -0.2) is 0 Å². The summed E-state index contributed by atoms with van der Waals surface area (Å²) in [6.45, 7) is 7.18. The minimum Gasteiger partial charge on any atom is -0.360 e. The van der Waals surface area contributed by atoms with Crippen molar-refractivity contribution in [1.82, 2.24) is 10.2 Å². The molecule has 112 valence electrons. The van der Waals surface area contributed by atoms with Gasteiger partial charge in [0.15, 0.2) is 0 Å². The van der Waals surface area contributed by atoms with Crippen LogP contribution in [0.2, 0.25) is 0 Å². The van der Waals surface area contributed by atoms with Gasteiger partial charge in [0, 0.05) is 12.2 Å². The molecule has 0 saturated carbocycles. The topological polar surface area (TPSA) is 66.9 Å². The van der Waals surface area contributed by atoms with Crippen LogP contribution in [0, 0.1) is 0 Å². The van der Waals surface area contributed by atoms with E-state index in [1.807, 2.05) is 24.3 Å². The summed E-state index contributed by atoms with van der Waals surface area (Å²) in [4.78, 5) is 12.1. The molecule has 0 aliphatic heterocycles. The summed E-state index contributed by atoms with van der Waals surface area (Å²) in [5.41, 5.74) is 2.01. The molecule has 0 radical (unpaired) electrons. The average Bonchev–Trinajstić information content (AvgIpc) is 2.94. The van der Waals surface area contributed by atoms with Crippen LogP contribution < -0.4 is 10.6 Å². The second-order valence-electron chi connectivity index (χ2n) is 5.07. The Labute approximate surface area is 128 Å². The highest BCUT2D eigenvalue weighted by Gasteiger charge is 2.13. The van der Waals surface area contributed by atoms with Gasteiger partial charge in [0.2, 0.25) is 10.1 Å². The van der Waals surface area contributed by atoms with Gasteiger partial charge >= 0.3 is 0 Å². The number of hydrogen-bond acceptors (Lipinski definition) is 5. The Morgan fingerprint density at radius 1 is 1.24 bits per heavy atom. The molecule has 0 fully saturated rings. The van der Waals surface area contributed by atoms with Gasteiger partial charge in [0.05, 0.1) is 0 Å². The molecule has 0 unspecified atom stereocenters. The van der Waals surface area contributed by atoms with Crippen LogP contribution in [0.5, 0.6) is 0 Å². The first-order chi connectivity index (χ1) is 10.1. The highest BCUT2D eigenvalue weighted by molar-refractivity contribution is 7.17. The largest absolute Gasteiger partial charge is 0.360 e. The standard InChI is InChI=1S/C15H20N4OS/c1-4-9-16-15-19-18-14(21-15)13(20)17-12-7-5-11(6-8-12)10(2)3/h5-8,10H,4,9H2,1-3H3,(H,16,19)(H,17,20). The Balaban J connectivity index is 1.98.